The van der Waals surface area contributed by atoms with Crippen LogP contribution in [0.5, 0.6) is 5.88 Å². The Labute approximate surface area is 408 Å². The maximum Gasteiger partial charge on any atom is 0.293 e. The number of sulfonamides is 1. The number of pyridine rings is 1. The zero-order chi connectivity index (χ0) is 48.4. The summed E-state index contributed by atoms with van der Waals surface area (Å²) in [7, 11) is -4.62. The molecule has 0 unspecified atom stereocenters. The summed E-state index contributed by atoms with van der Waals surface area (Å²) in [5.41, 5.74) is 4.33. The topological polar surface area (TPSA) is 205 Å². The van der Waals surface area contributed by atoms with E-state index in [0.29, 0.717) is 68.0 Å². The lowest BCUT2D eigenvalue weighted by atomic mass is 9.59. The van der Waals surface area contributed by atoms with E-state index in [2.05, 4.69) is 56.0 Å². The third-order valence-corrected chi connectivity index (χ3v) is 17.6. The number of nitrogens with zero attached hydrogens (tertiary/aromatic N) is 5. The number of carbonyl (C=O) groups is 1. The second-order valence-corrected chi connectivity index (χ2v) is 22.5. The summed E-state index contributed by atoms with van der Waals surface area (Å²) < 4.78 is 50.3. The van der Waals surface area contributed by atoms with Gasteiger partial charge < -0.3 is 39.4 Å². The molecule has 2 saturated carbocycles. The lowest BCUT2D eigenvalue weighted by Gasteiger charge is -2.57. The van der Waals surface area contributed by atoms with Gasteiger partial charge >= 0.3 is 0 Å². The number of aliphatic hydroxyl groups is 1. The van der Waals surface area contributed by atoms with E-state index < -0.39 is 32.6 Å². The van der Waals surface area contributed by atoms with Gasteiger partial charge in [0.05, 0.1) is 48.1 Å². The van der Waals surface area contributed by atoms with Crippen molar-refractivity contribution in [1.82, 2.24) is 19.6 Å². The third kappa shape index (κ3) is 8.97. The SMILES string of the molecule is Cc1ccccc1[C@@H]1COCCN1C1CC2(CCN(c3ccc(S(=O)(=O)NC(=O)c4ccc(NCC5CCC(C)(O)CC5)c([N+](=O)[O-])c4)c(N4c5cc6cc[nH]c6nc5O[C@@H]5COCC[C@H]54)c3)CC2)C1. The minimum absolute atomic E-state index is 0.125. The molecule has 4 N–H and O–H groups in total. The lowest BCUT2D eigenvalue weighted by Crippen LogP contribution is -2.58. The summed E-state index contributed by atoms with van der Waals surface area (Å²) in [4.78, 5) is 40.7. The number of H-pyrrole nitrogens is 1. The van der Waals surface area contributed by atoms with Crippen molar-refractivity contribution in [3.8, 4) is 5.88 Å². The average Bonchev–Trinajstić information content (AvgIpc) is 3.81. The van der Waals surface area contributed by atoms with Gasteiger partial charge in [-0.3, -0.25) is 19.8 Å². The fraction of sp³-hybridized carbons (Fsp3) is 0.500. The smallest absolute Gasteiger partial charge is 0.293 e. The van der Waals surface area contributed by atoms with E-state index in [0.717, 1.165) is 81.9 Å². The molecule has 3 atom stereocenters. The normalized spacial score (nSPS) is 25.9. The predicted octanol–water partition coefficient (Wildman–Crippen LogP) is 7.76. The third-order valence-electron chi connectivity index (χ3n) is 16.3. The molecule has 70 heavy (non-hydrogen) atoms. The number of ether oxygens (including phenoxy) is 3. The number of aryl methyl sites for hydroxylation is 1. The molecule has 0 bridgehead atoms. The van der Waals surface area contributed by atoms with Crippen molar-refractivity contribution in [3.63, 3.8) is 0 Å². The van der Waals surface area contributed by atoms with E-state index in [-0.39, 0.29) is 51.9 Å². The van der Waals surface area contributed by atoms with Crippen molar-refractivity contribution in [2.24, 2.45) is 11.3 Å². The van der Waals surface area contributed by atoms with Crippen molar-refractivity contribution >= 4 is 55.4 Å². The molecular formula is C52H62N8O9S. The van der Waals surface area contributed by atoms with Crippen LogP contribution in [-0.2, 0) is 19.5 Å². The number of morpholine rings is 1. The maximum atomic E-state index is 14.8. The second kappa shape index (κ2) is 18.4. The number of fused-ring (bicyclic) bond motifs is 3. The van der Waals surface area contributed by atoms with E-state index in [1.807, 2.05) is 36.1 Å². The Balaban J connectivity index is 0.871. The van der Waals surface area contributed by atoms with Gasteiger partial charge in [-0.2, -0.15) is 4.98 Å². The molecule has 11 rings (SSSR count). The fourth-order valence-corrected chi connectivity index (χ4v) is 13.3. The van der Waals surface area contributed by atoms with Gasteiger partial charge in [0.25, 0.3) is 21.6 Å². The molecule has 17 nitrogen and oxygen atoms in total. The molecule has 4 aliphatic heterocycles. The van der Waals surface area contributed by atoms with Crippen LogP contribution in [-0.4, -0.2) is 116 Å². The Morgan fingerprint density at radius 1 is 0.943 bits per heavy atom. The number of hydrogen-bond donors (Lipinski definition) is 4. The van der Waals surface area contributed by atoms with Crippen LogP contribution in [0.4, 0.5) is 28.4 Å². The highest BCUT2D eigenvalue weighted by Gasteiger charge is 2.50. The van der Waals surface area contributed by atoms with Crippen LogP contribution in [0.15, 0.2) is 83.9 Å². The first-order chi connectivity index (χ1) is 33.7. The number of rotatable bonds is 11. The molecule has 5 aromatic rings. The summed E-state index contributed by atoms with van der Waals surface area (Å²) in [6.07, 6.45) is 9.00. The largest absolute Gasteiger partial charge is 0.468 e. The Hall–Kier alpha value is -5.79. The van der Waals surface area contributed by atoms with Gasteiger partial charge in [-0.05, 0) is 137 Å². The van der Waals surface area contributed by atoms with Crippen molar-refractivity contribution in [2.75, 3.05) is 67.7 Å². The standard InChI is InChI=1S/C52H62N8O9S/c1-33-5-3-4-6-39(33)45-31-68-24-22-58(45)38-28-52(29-38)17-20-57(21-18-52)37-8-10-47(43(27-37)59-41-14-23-67-32-46(41)69-50-44(59)25-35-13-19-53-48(35)55-50)70(65,66)56-49(61)36-7-9-40(42(26-36)60(63)64)54-30-34-11-15-51(2,62)16-12-34/h3-10,13,19,25-27,34,38,41,45-46,54,62H,11-12,14-18,20-24,28-32H2,1-2H3,(H,53,55)(H,56,61)/t34?,41-,45+,46-,51?/m1/s1. The quantitative estimate of drug-likeness (QED) is 0.0738. The van der Waals surface area contributed by atoms with Crippen LogP contribution >= 0.6 is 0 Å². The Kier molecular flexibility index (Phi) is 12.3. The van der Waals surface area contributed by atoms with E-state index in [1.54, 1.807) is 12.3 Å². The monoisotopic (exact) mass is 974 g/mol. The van der Waals surface area contributed by atoms with Crippen LogP contribution in [0.25, 0.3) is 11.0 Å². The molecule has 3 aromatic carbocycles. The van der Waals surface area contributed by atoms with E-state index >= 15 is 0 Å². The van der Waals surface area contributed by atoms with Gasteiger partial charge in [-0.1, -0.05) is 24.3 Å². The van der Waals surface area contributed by atoms with Gasteiger partial charge in [0.1, 0.15) is 28.0 Å². The molecular weight excluding hydrogens is 913 g/mol. The van der Waals surface area contributed by atoms with E-state index in [4.69, 9.17) is 19.2 Å². The number of nitro groups is 1. The van der Waals surface area contributed by atoms with Crippen molar-refractivity contribution < 1.29 is 37.5 Å². The number of aromatic nitrogens is 2. The van der Waals surface area contributed by atoms with E-state index in [9.17, 15) is 28.4 Å². The zero-order valence-electron chi connectivity index (χ0n) is 39.8. The van der Waals surface area contributed by atoms with Gasteiger partial charge in [0.15, 0.2) is 0 Å². The summed E-state index contributed by atoms with van der Waals surface area (Å²) in [6, 6.07) is 22.2. The zero-order valence-corrected chi connectivity index (χ0v) is 40.6. The van der Waals surface area contributed by atoms with Crippen molar-refractivity contribution in [2.45, 2.75) is 106 Å². The van der Waals surface area contributed by atoms with E-state index in [1.165, 1.54) is 23.3 Å². The Morgan fingerprint density at radius 2 is 1.73 bits per heavy atom. The van der Waals surface area contributed by atoms with Crippen molar-refractivity contribution in [1.29, 1.82) is 0 Å². The number of benzene rings is 3. The summed E-state index contributed by atoms with van der Waals surface area (Å²) in [5.74, 6) is -0.446. The Bertz CT molecular complexity index is 2900. The second-order valence-electron chi connectivity index (χ2n) is 20.8. The molecule has 2 aromatic heterocycles. The number of nitro benzene ring substituents is 1. The molecule has 2 aliphatic carbocycles. The highest BCUT2D eigenvalue weighted by Crippen LogP contribution is 2.54. The number of nitrogens with one attached hydrogen (secondary N) is 3. The number of carbonyl (C=O) groups excluding carboxylic acids is 1. The first-order valence-corrected chi connectivity index (χ1v) is 26.3. The fourth-order valence-electron chi connectivity index (χ4n) is 12.1. The van der Waals surface area contributed by atoms with Gasteiger partial charge in [0.2, 0.25) is 5.88 Å². The average molecular weight is 975 g/mol. The molecule has 18 heteroatoms. The number of hydrogen-bond acceptors (Lipinski definition) is 14. The summed E-state index contributed by atoms with van der Waals surface area (Å²) in [5, 5.41) is 26.7. The molecule has 0 radical (unpaired) electrons. The number of amides is 1. The molecule has 6 aliphatic rings. The minimum atomic E-state index is -4.62. The predicted molar refractivity (Wildman–Crippen MR) is 265 cm³/mol. The highest BCUT2D eigenvalue weighted by molar-refractivity contribution is 7.90. The maximum absolute atomic E-state index is 14.8. The summed E-state index contributed by atoms with van der Waals surface area (Å²) >= 11 is 0. The number of aromatic amines is 1. The molecule has 6 heterocycles. The van der Waals surface area contributed by atoms with Crippen LogP contribution in [0.3, 0.4) is 0 Å². The van der Waals surface area contributed by atoms with Crippen LogP contribution in [0.2, 0.25) is 0 Å². The summed E-state index contributed by atoms with van der Waals surface area (Å²) in [6.45, 7) is 9.16. The van der Waals surface area contributed by atoms with Crippen LogP contribution < -0.4 is 24.6 Å². The molecule has 1 amide bonds. The molecule has 3 saturated heterocycles. The lowest BCUT2D eigenvalue weighted by molar-refractivity contribution is -0.384. The Morgan fingerprint density at radius 3 is 2.51 bits per heavy atom. The van der Waals surface area contributed by atoms with Crippen molar-refractivity contribution in [3.05, 3.63) is 106 Å². The highest BCUT2D eigenvalue weighted by atomic mass is 32.2. The first kappa shape index (κ1) is 46.6. The van der Waals surface area contributed by atoms with Gasteiger partial charge in [-0.25, -0.2) is 13.1 Å². The van der Waals surface area contributed by atoms with Crippen LogP contribution in [0, 0.1) is 28.4 Å². The van der Waals surface area contributed by atoms with Gasteiger partial charge in [-0.15, -0.1) is 0 Å². The molecule has 1 spiro atoms. The first-order valence-electron chi connectivity index (χ1n) is 24.8. The molecule has 5 fully saturated rings. The minimum Gasteiger partial charge on any atom is -0.468 e. The van der Waals surface area contributed by atoms with Crippen LogP contribution in [0.1, 0.15) is 92.2 Å². The molecule has 370 valence electrons. The number of anilines is 4. The number of piperidine rings is 1. The van der Waals surface area contributed by atoms with Gasteiger partial charge in [0, 0.05) is 67.7 Å².